The first kappa shape index (κ1) is 20.1. The van der Waals surface area contributed by atoms with Crippen LogP contribution < -0.4 is 10.0 Å². The van der Waals surface area contributed by atoms with Crippen molar-refractivity contribution in [1.29, 1.82) is 0 Å². The second-order valence-corrected chi connectivity index (χ2v) is 8.52. The fraction of sp³-hybridized carbons (Fsp3) is 0.0476. The van der Waals surface area contributed by atoms with E-state index in [2.05, 4.69) is 26.6 Å². The number of benzene rings is 2. The van der Waals surface area contributed by atoms with E-state index in [0.717, 1.165) is 0 Å². The van der Waals surface area contributed by atoms with Crippen LogP contribution in [0.15, 0.2) is 77.3 Å². The topological polar surface area (TPSA) is 83.4 Å². The fourth-order valence-corrected chi connectivity index (χ4v) is 4.42. The number of aliphatic imine (C=N–C) groups is 1. The van der Waals surface area contributed by atoms with Crippen LogP contribution in [0.1, 0.15) is 16.8 Å². The van der Waals surface area contributed by atoms with Gasteiger partial charge >= 0.3 is 0 Å². The molecule has 2 N–H and O–H groups in total. The molecule has 30 heavy (non-hydrogen) atoms. The number of anilines is 1. The lowest BCUT2D eigenvalue weighted by Gasteiger charge is -2.24. The molecule has 0 saturated heterocycles. The van der Waals surface area contributed by atoms with Gasteiger partial charge in [-0.2, -0.15) is 0 Å². The highest BCUT2D eigenvalue weighted by Crippen LogP contribution is 2.35. The fourth-order valence-electron chi connectivity index (χ4n) is 3.07. The zero-order valence-corrected chi connectivity index (χ0v) is 17.1. The summed E-state index contributed by atoms with van der Waals surface area (Å²) in [6.45, 7) is 4.05. The van der Waals surface area contributed by atoms with Gasteiger partial charge in [0.2, 0.25) is 5.96 Å². The molecule has 9 heteroatoms. The second kappa shape index (κ2) is 7.89. The Morgan fingerprint density at radius 3 is 2.63 bits per heavy atom. The summed E-state index contributed by atoms with van der Waals surface area (Å²) in [5.41, 5.74) is 1.85. The van der Waals surface area contributed by atoms with E-state index in [9.17, 15) is 12.8 Å². The van der Waals surface area contributed by atoms with Crippen LogP contribution in [0.25, 0.3) is 5.57 Å². The Morgan fingerprint density at radius 2 is 1.87 bits per heavy atom. The number of rotatable bonds is 4. The predicted octanol–water partition coefficient (Wildman–Crippen LogP) is 4.20. The van der Waals surface area contributed by atoms with Gasteiger partial charge in [-0.3, -0.25) is 4.98 Å². The first-order chi connectivity index (χ1) is 14.4. The van der Waals surface area contributed by atoms with Crippen molar-refractivity contribution in [3.05, 3.63) is 95.0 Å². The molecular formula is C21H16ClFN4O2S. The Bertz CT molecular complexity index is 1290. The van der Waals surface area contributed by atoms with E-state index < -0.39 is 15.8 Å². The maximum atomic E-state index is 14.3. The summed E-state index contributed by atoms with van der Waals surface area (Å²) in [6.07, 6.45) is 1.58. The van der Waals surface area contributed by atoms with Gasteiger partial charge < -0.3 is 5.32 Å². The molecule has 0 spiro atoms. The Balaban J connectivity index is 1.75. The maximum absolute atomic E-state index is 14.3. The van der Waals surface area contributed by atoms with Gasteiger partial charge in [-0.25, -0.2) is 22.5 Å². The van der Waals surface area contributed by atoms with E-state index in [1.165, 1.54) is 12.1 Å². The molecular weight excluding hydrogens is 427 g/mol. The molecule has 152 valence electrons. The lowest BCUT2D eigenvalue weighted by molar-refractivity contribution is 0.591. The van der Waals surface area contributed by atoms with Crippen LogP contribution in [0.5, 0.6) is 0 Å². The van der Waals surface area contributed by atoms with E-state index in [0.29, 0.717) is 21.9 Å². The number of guanidine groups is 1. The van der Waals surface area contributed by atoms with Gasteiger partial charge in [0.25, 0.3) is 10.0 Å². The first-order valence-corrected chi connectivity index (χ1v) is 10.7. The van der Waals surface area contributed by atoms with Gasteiger partial charge in [-0.1, -0.05) is 48.5 Å². The number of nitrogens with zero attached hydrogens (tertiary/aromatic N) is 2. The number of hydrogen-bond acceptors (Lipinski definition) is 4. The van der Waals surface area contributed by atoms with Gasteiger partial charge in [0.05, 0.1) is 22.9 Å². The second-order valence-electron chi connectivity index (χ2n) is 6.46. The highest BCUT2D eigenvalue weighted by atomic mass is 35.5. The Morgan fingerprint density at radius 1 is 1.10 bits per heavy atom. The molecule has 0 saturated carbocycles. The molecule has 2 aromatic carbocycles. The smallest absolute Gasteiger partial charge is 0.266 e. The molecule has 0 fully saturated rings. The van der Waals surface area contributed by atoms with Crippen molar-refractivity contribution in [2.45, 2.75) is 11.4 Å². The van der Waals surface area contributed by atoms with Gasteiger partial charge in [0.15, 0.2) is 0 Å². The molecule has 0 radical (unpaired) electrons. The van der Waals surface area contributed by atoms with Crippen LogP contribution in [0.4, 0.5) is 10.1 Å². The standard InChI is InChI=1S/C21H16ClFN4O2S/c1-13(14-6-2-3-9-17(14)23)15-7-4-10-19-20(15)26-21(27-30(19,28)29)25-12-18-16(22)8-5-11-24-18/h2-11H,1,12H2,(H2,25,26,27). The predicted molar refractivity (Wildman–Crippen MR) is 115 cm³/mol. The number of fused-ring (bicyclic) bond motifs is 1. The molecule has 0 unspecified atom stereocenters. The van der Waals surface area contributed by atoms with E-state index >= 15 is 0 Å². The quantitative estimate of drug-likeness (QED) is 0.634. The van der Waals surface area contributed by atoms with E-state index in [4.69, 9.17) is 11.6 Å². The number of para-hydroxylation sites is 1. The van der Waals surface area contributed by atoms with Crippen LogP contribution >= 0.6 is 11.6 Å². The van der Waals surface area contributed by atoms with Crippen molar-refractivity contribution in [2.24, 2.45) is 4.99 Å². The van der Waals surface area contributed by atoms with Crippen molar-refractivity contribution < 1.29 is 12.8 Å². The van der Waals surface area contributed by atoms with Crippen LogP contribution in [-0.4, -0.2) is 19.4 Å². The third-order valence-corrected chi connectivity index (χ3v) is 6.26. The summed E-state index contributed by atoms with van der Waals surface area (Å²) < 4.78 is 42.2. The SMILES string of the molecule is C=C(c1ccccc1F)c1cccc2c1NC(=NCc1ncccc1Cl)NS2(=O)=O. The van der Waals surface area contributed by atoms with Crippen molar-refractivity contribution >= 4 is 38.8 Å². The molecule has 1 aliphatic rings. The van der Waals surface area contributed by atoms with Gasteiger partial charge in [-0.15, -0.1) is 0 Å². The minimum absolute atomic E-state index is 0.0120. The Hall–Kier alpha value is -3.23. The molecule has 4 rings (SSSR count). The zero-order chi connectivity index (χ0) is 21.3. The molecule has 1 aliphatic heterocycles. The van der Waals surface area contributed by atoms with Gasteiger partial charge in [0, 0.05) is 17.3 Å². The summed E-state index contributed by atoms with van der Waals surface area (Å²) >= 11 is 6.09. The highest BCUT2D eigenvalue weighted by Gasteiger charge is 2.29. The summed E-state index contributed by atoms with van der Waals surface area (Å²) in [7, 11) is -3.89. The molecule has 0 bridgehead atoms. The maximum Gasteiger partial charge on any atom is 0.266 e. The average molecular weight is 443 g/mol. The minimum Gasteiger partial charge on any atom is -0.324 e. The number of halogens is 2. The molecule has 1 aromatic heterocycles. The third-order valence-electron chi connectivity index (χ3n) is 4.54. The molecule has 2 heterocycles. The lowest BCUT2D eigenvalue weighted by atomic mass is 9.97. The number of aromatic nitrogens is 1. The third kappa shape index (κ3) is 3.79. The monoisotopic (exact) mass is 442 g/mol. The van der Waals surface area contributed by atoms with Crippen LogP contribution in [0.2, 0.25) is 5.02 Å². The Labute approximate surface area is 178 Å². The lowest BCUT2D eigenvalue weighted by Crippen LogP contribution is -2.41. The first-order valence-electron chi connectivity index (χ1n) is 8.88. The normalized spacial score (nSPS) is 15.7. The summed E-state index contributed by atoms with van der Waals surface area (Å²) in [5.74, 6) is -0.436. The van der Waals surface area contributed by atoms with E-state index in [1.807, 2.05) is 0 Å². The van der Waals surface area contributed by atoms with Crippen molar-refractivity contribution in [3.63, 3.8) is 0 Å². The molecule has 6 nitrogen and oxygen atoms in total. The number of nitrogens with one attached hydrogen (secondary N) is 2. The number of pyridine rings is 1. The van der Waals surface area contributed by atoms with Crippen molar-refractivity contribution in [3.8, 4) is 0 Å². The molecule has 0 amide bonds. The van der Waals surface area contributed by atoms with Crippen LogP contribution in [0.3, 0.4) is 0 Å². The summed E-state index contributed by atoms with van der Waals surface area (Å²) in [5, 5.41) is 3.41. The summed E-state index contributed by atoms with van der Waals surface area (Å²) in [4.78, 5) is 8.42. The van der Waals surface area contributed by atoms with E-state index in [1.54, 1.807) is 48.7 Å². The Kier molecular flexibility index (Phi) is 5.27. The van der Waals surface area contributed by atoms with Crippen LogP contribution in [0, 0.1) is 5.82 Å². The van der Waals surface area contributed by atoms with E-state index in [-0.39, 0.29) is 28.7 Å². The molecule has 0 aliphatic carbocycles. The highest BCUT2D eigenvalue weighted by molar-refractivity contribution is 7.90. The zero-order valence-electron chi connectivity index (χ0n) is 15.6. The average Bonchev–Trinajstić information content (AvgIpc) is 2.72. The largest absolute Gasteiger partial charge is 0.324 e. The number of sulfonamides is 1. The van der Waals surface area contributed by atoms with Gasteiger partial charge in [-0.05, 0) is 29.8 Å². The molecule has 0 atom stereocenters. The van der Waals surface area contributed by atoms with Gasteiger partial charge in [0.1, 0.15) is 10.7 Å². The van der Waals surface area contributed by atoms with Crippen molar-refractivity contribution in [1.82, 2.24) is 9.71 Å². The number of hydrogen-bond donors (Lipinski definition) is 2. The van der Waals surface area contributed by atoms with Crippen LogP contribution in [-0.2, 0) is 16.6 Å². The summed E-state index contributed by atoms with van der Waals surface area (Å²) in [6, 6.07) is 14.3. The minimum atomic E-state index is -3.89. The molecule has 3 aromatic rings. The van der Waals surface area contributed by atoms with Crippen molar-refractivity contribution in [2.75, 3.05) is 5.32 Å².